The fourth-order valence-electron chi connectivity index (χ4n) is 2.93. The van der Waals surface area contributed by atoms with Crippen LogP contribution in [-0.4, -0.2) is 23.9 Å². The molecule has 0 spiro atoms. The van der Waals surface area contributed by atoms with Crippen LogP contribution >= 0.6 is 0 Å². The van der Waals surface area contributed by atoms with Gasteiger partial charge in [0.1, 0.15) is 0 Å². The Morgan fingerprint density at radius 2 is 1.65 bits per heavy atom. The van der Waals surface area contributed by atoms with Crippen LogP contribution in [0.3, 0.4) is 0 Å². The van der Waals surface area contributed by atoms with Gasteiger partial charge in [-0.15, -0.1) is 0 Å². The van der Waals surface area contributed by atoms with E-state index in [1.165, 1.54) is 17.7 Å². The highest BCUT2D eigenvalue weighted by atomic mass is 19.4. The second kappa shape index (κ2) is 6.07. The Bertz CT molecular complexity index is 680. The van der Waals surface area contributed by atoms with E-state index in [-0.39, 0.29) is 11.8 Å². The van der Waals surface area contributed by atoms with E-state index in [0.717, 1.165) is 18.6 Å². The van der Waals surface area contributed by atoms with E-state index < -0.39 is 11.7 Å². The molecule has 23 heavy (non-hydrogen) atoms. The maximum absolute atomic E-state index is 12.6. The standard InChI is InChI=1S/C18H16F3NO/c19-18(20,21)16-8-6-14(7-9-16)17(23)22-11-10-15(12-22)13-4-2-1-3-5-13/h1-9,15H,10-12H2. The van der Waals surface area contributed by atoms with Crippen LogP contribution in [0.1, 0.15) is 33.8 Å². The van der Waals surface area contributed by atoms with Gasteiger partial charge in [0.15, 0.2) is 0 Å². The molecule has 0 saturated carbocycles. The van der Waals surface area contributed by atoms with Crippen LogP contribution in [0.4, 0.5) is 13.2 Å². The topological polar surface area (TPSA) is 20.3 Å². The molecule has 0 aliphatic carbocycles. The van der Waals surface area contributed by atoms with Crippen LogP contribution in [0.15, 0.2) is 54.6 Å². The Labute approximate surface area is 132 Å². The quantitative estimate of drug-likeness (QED) is 0.806. The second-order valence-electron chi connectivity index (χ2n) is 5.72. The van der Waals surface area contributed by atoms with E-state index in [1.54, 1.807) is 4.90 Å². The lowest BCUT2D eigenvalue weighted by Gasteiger charge is -2.17. The number of halogens is 3. The first-order valence-electron chi connectivity index (χ1n) is 7.46. The van der Waals surface area contributed by atoms with Gasteiger partial charge in [0.05, 0.1) is 5.56 Å². The molecule has 0 aromatic heterocycles. The lowest BCUT2D eigenvalue weighted by atomic mass is 9.99. The Morgan fingerprint density at radius 1 is 1.00 bits per heavy atom. The zero-order chi connectivity index (χ0) is 16.4. The average molecular weight is 319 g/mol. The molecule has 1 fully saturated rings. The van der Waals surface area contributed by atoms with Gasteiger partial charge in [0.25, 0.3) is 5.91 Å². The summed E-state index contributed by atoms with van der Waals surface area (Å²) in [6.07, 6.45) is -3.51. The molecule has 1 heterocycles. The lowest BCUT2D eigenvalue weighted by molar-refractivity contribution is -0.137. The van der Waals surface area contributed by atoms with Crippen molar-refractivity contribution < 1.29 is 18.0 Å². The van der Waals surface area contributed by atoms with Crippen LogP contribution < -0.4 is 0 Å². The summed E-state index contributed by atoms with van der Waals surface area (Å²) in [6, 6.07) is 14.4. The van der Waals surface area contributed by atoms with Crippen molar-refractivity contribution in [3.8, 4) is 0 Å². The summed E-state index contributed by atoms with van der Waals surface area (Å²) in [5, 5.41) is 0. The summed E-state index contributed by atoms with van der Waals surface area (Å²) in [5.41, 5.74) is 0.750. The summed E-state index contributed by atoms with van der Waals surface area (Å²) < 4.78 is 37.7. The summed E-state index contributed by atoms with van der Waals surface area (Å²) in [5.74, 6) is 0.0757. The summed E-state index contributed by atoms with van der Waals surface area (Å²) in [4.78, 5) is 14.1. The maximum atomic E-state index is 12.6. The zero-order valence-corrected chi connectivity index (χ0v) is 12.4. The number of amides is 1. The van der Waals surface area contributed by atoms with Gasteiger partial charge in [-0.3, -0.25) is 4.79 Å². The third-order valence-corrected chi connectivity index (χ3v) is 4.21. The van der Waals surface area contributed by atoms with Crippen molar-refractivity contribution >= 4 is 5.91 Å². The molecule has 120 valence electrons. The third kappa shape index (κ3) is 3.38. The minimum atomic E-state index is -4.38. The van der Waals surface area contributed by atoms with Gasteiger partial charge in [0, 0.05) is 24.6 Å². The molecule has 2 nitrogen and oxygen atoms in total. The minimum Gasteiger partial charge on any atom is -0.338 e. The van der Waals surface area contributed by atoms with Gasteiger partial charge in [-0.05, 0) is 36.2 Å². The third-order valence-electron chi connectivity index (χ3n) is 4.21. The van der Waals surface area contributed by atoms with Gasteiger partial charge >= 0.3 is 6.18 Å². The number of carbonyl (C=O) groups is 1. The predicted molar refractivity (Wildman–Crippen MR) is 81.1 cm³/mol. The first kappa shape index (κ1) is 15.6. The van der Waals surface area contributed by atoms with Crippen LogP contribution in [0.2, 0.25) is 0 Å². The number of hydrogen-bond donors (Lipinski definition) is 0. The molecular formula is C18H16F3NO. The number of benzene rings is 2. The SMILES string of the molecule is O=C(c1ccc(C(F)(F)F)cc1)N1CCC(c2ccccc2)C1. The summed E-state index contributed by atoms with van der Waals surface area (Å²) in [7, 11) is 0. The fraction of sp³-hybridized carbons (Fsp3) is 0.278. The fourth-order valence-corrected chi connectivity index (χ4v) is 2.93. The van der Waals surface area contributed by atoms with Crippen LogP contribution in [-0.2, 0) is 6.18 Å². The molecule has 1 amide bonds. The summed E-state index contributed by atoms with van der Waals surface area (Å²) >= 11 is 0. The smallest absolute Gasteiger partial charge is 0.338 e. The van der Waals surface area contributed by atoms with Crippen molar-refractivity contribution in [1.29, 1.82) is 0 Å². The molecule has 1 aliphatic rings. The predicted octanol–water partition coefficient (Wildman–Crippen LogP) is 4.34. The number of nitrogens with zero attached hydrogens (tertiary/aromatic N) is 1. The van der Waals surface area contributed by atoms with Crippen molar-refractivity contribution in [2.75, 3.05) is 13.1 Å². The molecule has 1 saturated heterocycles. The zero-order valence-electron chi connectivity index (χ0n) is 12.4. The van der Waals surface area contributed by atoms with Gasteiger partial charge in [0.2, 0.25) is 0 Å². The lowest BCUT2D eigenvalue weighted by Crippen LogP contribution is -2.28. The second-order valence-corrected chi connectivity index (χ2v) is 5.72. The molecule has 0 radical (unpaired) electrons. The van der Waals surface area contributed by atoms with Gasteiger partial charge in [-0.1, -0.05) is 30.3 Å². The highest BCUT2D eigenvalue weighted by Gasteiger charge is 2.31. The molecule has 0 N–H and O–H groups in total. The molecule has 3 rings (SSSR count). The number of rotatable bonds is 2. The normalized spacial score (nSPS) is 18.2. The van der Waals surface area contributed by atoms with Crippen molar-refractivity contribution in [2.24, 2.45) is 0 Å². The highest BCUT2D eigenvalue weighted by molar-refractivity contribution is 5.94. The largest absolute Gasteiger partial charge is 0.416 e. The Morgan fingerprint density at radius 3 is 2.26 bits per heavy atom. The van der Waals surface area contributed by atoms with Gasteiger partial charge in [-0.25, -0.2) is 0 Å². The van der Waals surface area contributed by atoms with Crippen molar-refractivity contribution in [3.63, 3.8) is 0 Å². The van der Waals surface area contributed by atoms with Crippen molar-refractivity contribution in [2.45, 2.75) is 18.5 Å². The molecule has 2 aromatic carbocycles. The van der Waals surface area contributed by atoms with E-state index in [4.69, 9.17) is 0 Å². The molecule has 1 atom stereocenters. The monoisotopic (exact) mass is 319 g/mol. The molecular weight excluding hydrogens is 303 g/mol. The Kier molecular flexibility index (Phi) is 4.11. The molecule has 2 aromatic rings. The van der Waals surface area contributed by atoms with Crippen molar-refractivity contribution in [1.82, 2.24) is 4.90 Å². The highest BCUT2D eigenvalue weighted by Crippen LogP contribution is 2.30. The number of alkyl halides is 3. The summed E-state index contributed by atoms with van der Waals surface area (Å²) in [6.45, 7) is 1.23. The first-order valence-corrected chi connectivity index (χ1v) is 7.46. The van der Waals surface area contributed by atoms with E-state index >= 15 is 0 Å². The molecule has 0 bridgehead atoms. The Hall–Kier alpha value is -2.30. The number of hydrogen-bond acceptors (Lipinski definition) is 1. The van der Waals surface area contributed by atoms with E-state index in [1.807, 2.05) is 30.3 Å². The maximum Gasteiger partial charge on any atom is 0.416 e. The average Bonchev–Trinajstić information content (AvgIpc) is 3.04. The van der Waals surface area contributed by atoms with Crippen molar-refractivity contribution in [3.05, 3.63) is 71.3 Å². The Balaban J connectivity index is 1.70. The van der Waals surface area contributed by atoms with Gasteiger partial charge in [-0.2, -0.15) is 13.2 Å². The molecule has 1 aliphatic heterocycles. The van der Waals surface area contributed by atoms with Crippen LogP contribution in [0.5, 0.6) is 0 Å². The first-order chi connectivity index (χ1) is 10.9. The number of likely N-dealkylation sites (tertiary alicyclic amines) is 1. The minimum absolute atomic E-state index is 0.211. The van der Waals surface area contributed by atoms with E-state index in [2.05, 4.69) is 0 Å². The van der Waals surface area contributed by atoms with Crippen LogP contribution in [0, 0.1) is 0 Å². The van der Waals surface area contributed by atoms with E-state index in [9.17, 15) is 18.0 Å². The molecule has 5 heteroatoms. The van der Waals surface area contributed by atoms with E-state index in [0.29, 0.717) is 18.7 Å². The number of carbonyl (C=O) groups excluding carboxylic acids is 1. The van der Waals surface area contributed by atoms with Gasteiger partial charge < -0.3 is 4.90 Å². The molecule has 1 unspecified atom stereocenters. The van der Waals surface area contributed by atoms with Crippen LogP contribution in [0.25, 0.3) is 0 Å².